The van der Waals surface area contributed by atoms with Gasteiger partial charge in [0.05, 0.1) is 19.8 Å². The van der Waals surface area contributed by atoms with Crippen molar-refractivity contribution in [3.63, 3.8) is 0 Å². The van der Waals surface area contributed by atoms with E-state index in [1.165, 1.54) is 12.7 Å². The average molecular weight is 332 g/mol. The Morgan fingerprint density at radius 3 is 2.67 bits per heavy atom. The lowest BCUT2D eigenvalue weighted by Crippen LogP contribution is -2.48. The topological polar surface area (TPSA) is 50.8 Å². The molecule has 1 N–H and O–H groups in total. The molecule has 1 aromatic carbocycles. The molecule has 2 aliphatic heterocycles. The number of nitrogens with zero attached hydrogens (tertiary/aromatic N) is 1. The number of piperidine rings is 1. The van der Waals surface area contributed by atoms with Crippen LogP contribution in [0.2, 0.25) is 0 Å². The molecule has 5 nitrogen and oxygen atoms in total. The van der Waals surface area contributed by atoms with Crippen LogP contribution in [-0.4, -0.2) is 56.3 Å². The lowest BCUT2D eigenvalue weighted by Gasteiger charge is -2.37. The standard InChI is InChI=1S/C19H28N2O3/c1-23-19(22)14-21-10-7-16(8-11-21)20-17-9-12-24-18(13-17)15-5-3-2-4-6-15/h2-6,16-18,20H,7-14H2,1H3/t17-,18-/m0/s1. The highest BCUT2D eigenvalue weighted by Crippen LogP contribution is 2.28. The van der Waals surface area contributed by atoms with Gasteiger partial charge < -0.3 is 14.8 Å². The number of benzene rings is 1. The second-order valence-corrected chi connectivity index (χ2v) is 6.78. The number of carbonyl (C=O) groups excluding carboxylic acids is 1. The first kappa shape index (κ1) is 17.4. The number of methoxy groups -OCH3 is 1. The summed E-state index contributed by atoms with van der Waals surface area (Å²) in [4.78, 5) is 13.5. The smallest absolute Gasteiger partial charge is 0.319 e. The van der Waals surface area contributed by atoms with Gasteiger partial charge in [0.15, 0.2) is 0 Å². The van der Waals surface area contributed by atoms with E-state index in [0.29, 0.717) is 18.6 Å². The molecule has 24 heavy (non-hydrogen) atoms. The van der Waals surface area contributed by atoms with Crippen LogP contribution in [0.4, 0.5) is 0 Å². The van der Waals surface area contributed by atoms with Crippen molar-refractivity contribution in [3.05, 3.63) is 35.9 Å². The van der Waals surface area contributed by atoms with Gasteiger partial charge in [-0.3, -0.25) is 9.69 Å². The predicted molar refractivity (Wildman–Crippen MR) is 92.8 cm³/mol. The minimum absolute atomic E-state index is 0.142. The van der Waals surface area contributed by atoms with Crippen molar-refractivity contribution in [1.82, 2.24) is 10.2 Å². The van der Waals surface area contributed by atoms with Gasteiger partial charge in [0, 0.05) is 31.8 Å². The van der Waals surface area contributed by atoms with Crippen molar-refractivity contribution in [2.45, 2.75) is 43.9 Å². The summed E-state index contributed by atoms with van der Waals surface area (Å²) in [6, 6.07) is 11.6. The van der Waals surface area contributed by atoms with Gasteiger partial charge >= 0.3 is 5.97 Å². The fourth-order valence-corrected chi connectivity index (χ4v) is 3.69. The molecular formula is C19H28N2O3. The second-order valence-electron chi connectivity index (χ2n) is 6.78. The van der Waals surface area contributed by atoms with Gasteiger partial charge in [0.1, 0.15) is 0 Å². The molecule has 0 spiro atoms. The number of hydrogen-bond acceptors (Lipinski definition) is 5. The first-order chi connectivity index (χ1) is 11.7. The summed E-state index contributed by atoms with van der Waals surface area (Å²) < 4.78 is 10.7. The maximum atomic E-state index is 11.4. The molecule has 0 saturated carbocycles. The molecule has 1 aromatic rings. The summed E-state index contributed by atoms with van der Waals surface area (Å²) in [5.41, 5.74) is 1.27. The molecule has 2 atom stereocenters. The Balaban J connectivity index is 1.44. The Morgan fingerprint density at radius 1 is 1.21 bits per heavy atom. The van der Waals surface area contributed by atoms with Crippen LogP contribution >= 0.6 is 0 Å². The quantitative estimate of drug-likeness (QED) is 0.837. The van der Waals surface area contributed by atoms with Crippen molar-refractivity contribution in [1.29, 1.82) is 0 Å². The second kappa shape index (κ2) is 8.60. The lowest BCUT2D eigenvalue weighted by atomic mass is 9.95. The van der Waals surface area contributed by atoms with Crippen LogP contribution in [-0.2, 0) is 14.3 Å². The van der Waals surface area contributed by atoms with E-state index in [-0.39, 0.29) is 12.1 Å². The number of rotatable bonds is 5. The van der Waals surface area contributed by atoms with Crippen molar-refractivity contribution >= 4 is 5.97 Å². The van der Waals surface area contributed by atoms with Gasteiger partial charge in [0.2, 0.25) is 0 Å². The number of hydrogen-bond donors (Lipinski definition) is 1. The van der Waals surface area contributed by atoms with E-state index in [1.54, 1.807) is 0 Å². The third kappa shape index (κ3) is 4.79. The third-order valence-corrected chi connectivity index (χ3v) is 5.09. The summed E-state index contributed by atoms with van der Waals surface area (Å²) >= 11 is 0. The summed E-state index contributed by atoms with van der Waals surface area (Å²) in [5, 5.41) is 3.82. The Bertz CT molecular complexity index is 515. The Hall–Kier alpha value is -1.43. The molecule has 0 aliphatic carbocycles. The zero-order valence-electron chi connectivity index (χ0n) is 14.4. The van der Waals surface area contributed by atoms with E-state index in [0.717, 1.165) is 45.4 Å². The molecule has 0 amide bonds. The molecule has 2 fully saturated rings. The molecule has 0 unspecified atom stereocenters. The summed E-state index contributed by atoms with van der Waals surface area (Å²) in [7, 11) is 1.45. The van der Waals surface area contributed by atoms with Gasteiger partial charge in [-0.1, -0.05) is 30.3 Å². The summed E-state index contributed by atoms with van der Waals surface area (Å²) in [6.07, 6.45) is 4.49. The molecule has 0 radical (unpaired) electrons. The number of nitrogens with one attached hydrogen (secondary N) is 1. The highest BCUT2D eigenvalue weighted by atomic mass is 16.5. The fourth-order valence-electron chi connectivity index (χ4n) is 3.69. The van der Waals surface area contributed by atoms with E-state index in [4.69, 9.17) is 9.47 Å². The monoisotopic (exact) mass is 332 g/mol. The maximum Gasteiger partial charge on any atom is 0.319 e. The van der Waals surface area contributed by atoms with E-state index in [1.807, 2.05) is 6.07 Å². The highest BCUT2D eigenvalue weighted by Gasteiger charge is 2.27. The summed E-state index contributed by atoms with van der Waals surface area (Å²) in [5.74, 6) is -0.142. The fraction of sp³-hybridized carbons (Fsp3) is 0.632. The first-order valence-electron chi connectivity index (χ1n) is 8.96. The van der Waals surface area contributed by atoms with Crippen molar-refractivity contribution in [2.24, 2.45) is 0 Å². The van der Waals surface area contributed by atoms with E-state index in [9.17, 15) is 4.79 Å². The van der Waals surface area contributed by atoms with Gasteiger partial charge in [0.25, 0.3) is 0 Å². The normalized spacial score (nSPS) is 26.2. The number of ether oxygens (including phenoxy) is 2. The van der Waals surface area contributed by atoms with Crippen LogP contribution in [0.25, 0.3) is 0 Å². The molecule has 2 aliphatic rings. The zero-order chi connectivity index (χ0) is 16.8. The number of likely N-dealkylation sites (tertiary alicyclic amines) is 1. The van der Waals surface area contributed by atoms with Crippen molar-refractivity contribution in [2.75, 3.05) is 33.4 Å². The molecule has 2 saturated heterocycles. The molecule has 5 heteroatoms. The van der Waals surface area contributed by atoms with Gasteiger partial charge in [-0.25, -0.2) is 0 Å². The minimum atomic E-state index is -0.142. The first-order valence-corrected chi connectivity index (χ1v) is 8.96. The van der Waals surface area contributed by atoms with E-state index in [2.05, 4.69) is 34.5 Å². The highest BCUT2D eigenvalue weighted by molar-refractivity contribution is 5.71. The van der Waals surface area contributed by atoms with Crippen LogP contribution in [0.3, 0.4) is 0 Å². The van der Waals surface area contributed by atoms with Crippen LogP contribution in [0.5, 0.6) is 0 Å². The van der Waals surface area contributed by atoms with Gasteiger partial charge in [-0.05, 0) is 31.2 Å². The average Bonchev–Trinajstić information content (AvgIpc) is 2.64. The van der Waals surface area contributed by atoms with Crippen LogP contribution in [0.1, 0.15) is 37.4 Å². The van der Waals surface area contributed by atoms with E-state index >= 15 is 0 Å². The molecule has 132 valence electrons. The largest absolute Gasteiger partial charge is 0.468 e. The van der Waals surface area contributed by atoms with Crippen molar-refractivity contribution in [3.8, 4) is 0 Å². The number of esters is 1. The molecule has 3 rings (SSSR count). The van der Waals surface area contributed by atoms with Crippen LogP contribution < -0.4 is 5.32 Å². The maximum absolute atomic E-state index is 11.4. The SMILES string of the molecule is COC(=O)CN1CCC(N[C@H]2CCO[C@H](c3ccccc3)C2)CC1. The lowest BCUT2D eigenvalue weighted by molar-refractivity contribution is -0.142. The molecule has 0 bridgehead atoms. The predicted octanol–water partition coefficient (Wildman–Crippen LogP) is 2.13. The Kier molecular flexibility index (Phi) is 6.24. The Labute approximate surface area is 144 Å². The zero-order valence-corrected chi connectivity index (χ0v) is 14.4. The summed E-state index contributed by atoms with van der Waals surface area (Å²) in [6.45, 7) is 3.14. The van der Waals surface area contributed by atoms with Gasteiger partial charge in [-0.15, -0.1) is 0 Å². The van der Waals surface area contributed by atoms with E-state index < -0.39 is 0 Å². The molecule has 2 heterocycles. The number of carbonyl (C=O) groups is 1. The van der Waals surface area contributed by atoms with Crippen LogP contribution in [0, 0.1) is 0 Å². The Morgan fingerprint density at radius 2 is 1.96 bits per heavy atom. The van der Waals surface area contributed by atoms with Gasteiger partial charge in [-0.2, -0.15) is 0 Å². The van der Waals surface area contributed by atoms with Crippen molar-refractivity contribution < 1.29 is 14.3 Å². The van der Waals surface area contributed by atoms with Crippen LogP contribution in [0.15, 0.2) is 30.3 Å². The molecule has 0 aromatic heterocycles. The third-order valence-electron chi connectivity index (χ3n) is 5.09. The molecular weight excluding hydrogens is 304 g/mol. The minimum Gasteiger partial charge on any atom is -0.468 e.